The number of carbonyl (C=O) groups excluding carboxylic acids is 1. The molecule has 0 heterocycles. The summed E-state index contributed by atoms with van der Waals surface area (Å²) in [7, 11) is -1.15. The summed E-state index contributed by atoms with van der Waals surface area (Å²) < 4.78 is 12.8. The Morgan fingerprint density at radius 1 is 0.931 bits per heavy atom. The third-order valence-corrected chi connectivity index (χ3v) is 6.51. The summed E-state index contributed by atoms with van der Waals surface area (Å²) in [4.78, 5) is 11.5. The molecule has 0 N–H and O–H groups in total. The van der Waals surface area contributed by atoms with E-state index in [1.807, 2.05) is 24.3 Å². The molecule has 1 unspecified atom stereocenters. The normalized spacial score (nSPS) is 12.6. The summed E-state index contributed by atoms with van der Waals surface area (Å²) >= 11 is 6.21. The molecule has 0 fully saturated rings. The van der Waals surface area contributed by atoms with Gasteiger partial charge in [-0.05, 0) is 72.4 Å². The maximum atomic E-state index is 12.8. The van der Waals surface area contributed by atoms with Gasteiger partial charge in [0.05, 0.1) is 10.8 Å². The Hall–Kier alpha value is -2.49. The number of hydrogen-bond acceptors (Lipinski definition) is 2. The van der Waals surface area contributed by atoms with Crippen LogP contribution in [0.25, 0.3) is 11.6 Å². The summed E-state index contributed by atoms with van der Waals surface area (Å²) in [5.74, 6) is 0.490. The average Bonchev–Trinajstić information content (AvgIpc) is 2.73. The van der Waals surface area contributed by atoms with Crippen molar-refractivity contribution in [1.82, 2.24) is 0 Å². The molecule has 3 aromatic carbocycles. The summed E-state index contributed by atoms with van der Waals surface area (Å²) in [6.07, 6.45) is 3.58. The van der Waals surface area contributed by atoms with Crippen LogP contribution in [0.2, 0.25) is 5.02 Å². The second kappa shape index (κ2) is 9.82. The molecule has 1 atom stereocenters. The van der Waals surface area contributed by atoms with Crippen LogP contribution in [-0.4, -0.2) is 16.2 Å². The minimum absolute atomic E-state index is 0.490. The van der Waals surface area contributed by atoms with Crippen LogP contribution in [0.5, 0.6) is 0 Å². The van der Waals surface area contributed by atoms with Gasteiger partial charge in [0.1, 0.15) is 6.29 Å². The van der Waals surface area contributed by atoms with E-state index in [-0.39, 0.29) is 0 Å². The van der Waals surface area contributed by atoms with Crippen molar-refractivity contribution in [1.29, 1.82) is 0 Å². The number of aldehydes is 1. The lowest BCUT2D eigenvalue weighted by atomic mass is 9.99. The molecule has 29 heavy (non-hydrogen) atoms. The number of hydrogen-bond donors (Lipinski definition) is 0. The van der Waals surface area contributed by atoms with Gasteiger partial charge in [-0.2, -0.15) is 0 Å². The molecular weight excluding hydrogens is 400 g/mol. The van der Waals surface area contributed by atoms with Gasteiger partial charge in [0, 0.05) is 21.2 Å². The van der Waals surface area contributed by atoms with Gasteiger partial charge >= 0.3 is 0 Å². The first-order valence-corrected chi connectivity index (χ1v) is 11.1. The molecule has 3 rings (SSSR count). The van der Waals surface area contributed by atoms with Crippen LogP contribution in [0, 0.1) is 13.8 Å². The first-order chi connectivity index (χ1) is 14.0. The van der Waals surface area contributed by atoms with Crippen molar-refractivity contribution in [3.8, 4) is 0 Å². The van der Waals surface area contributed by atoms with E-state index >= 15 is 0 Å². The Morgan fingerprint density at radius 2 is 1.66 bits per heavy atom. The van der Waals surface area contributed by atoms with Gasteiger partial charge in [-0.25, -0.2) is 0 Å². The highest BCUT2D eigenvalue weighted by molar-refractivity contribution is 7.85. The Balaban J connectivity index is 1.86. The van der Waals surface area contributed by atoms with Crippen molar-refractivity contribution >= 4 is 40.3 Å². The molecule has 0 aliphatic carbocycles. The maximum absolute atomic E-state index is 12.8. The van der Waals surface area contributed by atoms with E-state index in [0.717, 1.165) is 27.9 Å². The first kappa shape index (κ1) is 21.2. The van der Waals surface area contributed by atoms with Gasteiger partial charge in [-0.1, -0.05) is 60.1 Å². The number of benzene rings is 3. The summed E-state index contributed by atoms with van der Waals surface area (Å²) in [5.41, 5.74) is 6.32. The standard InChI is InChI=1S/C25H23ClO2S/c1-18-6-7-21(14-19(18)2)15-23(22-4-3-5-24(26)16-22)12-13-29(28)25-10-8-20(17-27)9-11-25/h3-11,14-17H,12-13H2,1-2H3. The molecule has 0 spiro atoms. The van der Waals surface area contributed by atoms with Crippen molar-refractivity contribution in [2.45, 2.75) is 25.2 Å². The van der Waals surface area contributed by atoms with E-state index in [2.05, 4.69) is 38.1 Å². The average molecular weight is 423 g/mol. The second-order valence-corrected chi connectivity index (χ2v) is 9.02. The smallest absolute Gasteiger partial charge is 0.150 e. The molecule has 0 saturated carbocycles. The second-order valence-electron chi connectivity index (χ2n) is 7.01. The fourth-order valence-electron chi connectivity index (χ4n) is 3.06. The number of aryl methyl sites for hydroxylation is 2. The molecule has 0 aliphatic rings. The predicted molar refractivity (Wildman–Crippen MR) is 123 cm³/mol. The van der Waals surface area contributed by atoms with Crippen LogP contribution in [-0.2, 0) is 10.8 Å². The predicted octanol–water partition coefficient (Wildman–Crippen LogP) is 6.51. The maximum Gasteiger partial charge on any atom is 0.150 e. The zero-order valence-electron chi connectivity index (χ0n) is 16.5. The van der Waals surface area contributed by atoms with Crippen molar-refractivity contribution < 1.29 is 9.00 Å². The number of halogens is 1. The van der Waals surface area contributed by atoms with Crippen molar-refractivity contribution in [3.05, 3.63) is 99.6 Å². The van der Waals surface area contributed by atoms with E-state index in [1.54, 1.807) is 24.3 Å². The topological polar surface area (TPSA) is 34.1 Å². The lowest BCUT2D eigenvalue weighted by molar-refractivity contribution is 0.112. The summed E-state index contributed by atoms with van der Waals surface area (Å²) in [6, 6.07) is 21.0. The van der Waals surface area contributed by atoms with Crippen LogP contribution in [0.4, 0.5) is 0 Å². The SMILES string of the molecule is Cc1ccc(C=C(CCS(=O)c2ccc(C=O)cc2)c2cccc(Cl)c2)cc1C. The fraction of sp³-hybridized carbons (Fsp3) is 0.160. The molecule has 0 amide bonds. The summed E-state index contributed by atoms with van der Waals surface area (Å²) in [5, 5.41) is 0.680. The molecular formula is C25H23ClO2S. The van der Waals surface area contributed by atoms with Gasteiger partial charge in [0.25, 0.3) is 0 Å². The molecule has 0 bridgehead atoms. The van der Waals surface area contributed by atoms with Crippen LogP contribution >= 0.6 is 11.6 Å². The Bertz CT molecular complexity index is 1070. The Labute approximate surface area is 179 Å². The molecule has 0 aromatic heterocycles. The molecule has 0 aliphatic heterocycles. The Morgan fingerprint density at radius 3 is 2.31 bits per heavy atom. The van der Waals surface area contributed by atoms with Gasteiger partial charge in [0.15, 0.2) is 0 Å². The zero-order valence-corrected chi connectivity index (χ0v) is 18.1. The molecule has 148 valence electrons. The minimum atomic E-state index is -1.15. The van der Waals surface area contributed by atoms with Crippen LogP contribution in [0.15, 0.2) is 71.6 Å². The molecule has 2 nitrogen and oxygen atoms in total. The third-order valence-electron chi connectivity index (χ3n) is 4.90. The van der Waals surface area contributed by atoms with Crippen molar-refractivity contribution in [2.24, 2.45) is 0 Å². The van der Waals surface area contributed by atoms with E-state index < -0.39 is 10.8 Å². The number of allylic oxidation sites excluding steroid dienone is 1. The van der Waals surface area contributed by atoms with Gasteiger partial charge in [-0.15, -0.1) is 0 Å². The highest BCUT2D eigenvalue weighted by Crippen LogP contribution is 2.26. The highest BCUT2D eigenvalue weighted by atomic mass is 35.5. The Kier molecular flexibility index (Phi) is 7.18. The lowest BCUT2D eigenvalue weighted by Crippen LogP contribution is -2.00. The van der Waals surface area contributed by atoms with Crippen LogP contribution in [0.3, 0.4) is 0 Å². The van der Waals surface area contributed by atoms with Gasteiger partial charge in [-0.3, -0.25) is 9.00 Å². The largest absolute Gasteiger partial charge is 0.298 e. The minimum Gasteiger partial charge on any atom is -0.298 e. The van der Waals surface area contributed by atoms with E-state index in [0.29, 0.717) is 22.8 Å². The molecule has 0 saturated heterocycles. The fourth-order valence-corrected chi connectivity index (χ4v) is 4.33. The lowest BCUT2D eigenvalue weighted by Gasteiger charge is -2.10. The van der Waals surface area contributed by atoms with E-state index in [9.17, 15) is 9.00 Å². The number of carbonyl (C=O) groups is 1. The number of rotatable bonds is 7. The highest BCUT2D eigenvalue weighted by Gasteiger charge is 2.09. The molecule has 4 heteroatoms. The van der Waals surface area contributed by atoms with E-state index in [4.69, 9.17) is 11.6 Å². The monoisotopic (exact) mass is 422 g/mol. The third kappa shape index (κ3) is 5.75. The van der Waals surface area contributed by atoms with Crippen molar-refractivity contribution in [3.63, 3.8) is 0 Å². The van der Waals surface area contributed by atoms with Crippen molar-refractivity contribution in [2.75, 3.05) is 5.75 Å². The van der Waals surface area contributed by atoms with Crippen LogP contribution < -0.4 is 0 Å². The summed E-state index contributed by atoms with van der Waals surface area (Å²) in [6.45, 7) is 4.20. The van der Waals surface area contributed by atoms with Gasteiger partial charge < -0.3 is 0 Å². The quantitative estimate of drug-likeness (QED) is 0.321. The first-order valence-electron chi connectivity index (χ1n) is 9.43. The molecule has 0 radical (unpaired) electrons. The van der Waals surface area contributed by atoms with E-state index in [1.165, 1.54) is 11.1 Å². The molecule has 3 aromatic rings. The van der Waals surface area contributed by atoms with Crippen LogP contribution in [0.1, 0.15) is 39.0 Å². The van der Waals surface area contributed by atoms with Gasteiger partial charge in [0.2, 0.25) is 0 Å². The zero-order chi connectivity index (χ0) is 20.8.